The molecule has 1 heterocycles. The van der Waals surface area contributed by atoms with Gasteiger partial charge in [0.15, 0.2) is 0 Å². The molecule has 8 heteroatoms. The minimum atomic E-state index is -4.54. The highest BCUT2D eigenvalue weighted by Gasteiger charge is 2.33. The zero-order chi connectivity index (χ0) is 27.8. The Morgan fingerprint density at radius 1 is 0.846 bits per heavy atom. The Morgan fingerprint density at radius 2 is 1.41 bits per heavy atom. The molecule has 204 valence electrons. The van der Waals surface area contributed by atoms with Gasteiger partial charge in [-0.15, -0.1) is 0 Å². The van der Waals surface area contributed by atoms with Crippen LogP contribution in [0.5, 0.6) is 0 Å². The first-order chi connectivity index (χ1) is 18.7. The van der Waals surface area contributed by atoms with Crippen molar-refractivity contribution in [3.05, 3.63) is 113 Å². The number of carbonyl (C=O) groups is 2. The van der Waals surface area contributed by atoms with E-state index in [1.54, 1.807) is 4.90 Å². The standard InChI is InChI=1S/C31H32F3N3O2/c1-35(29(38)17-16-26-14-8-9-15-27(26)31(32,33)34)28(22-24-10-4-2-5-11-24)30(39)37-20-18-36(19-21-37)23-25-12-6-3-7-13-25/h2-17,28H,18-23H2,1H3/b17-16+/t28-/m0/s1. The van der Waals surface area contributed by atoms with Gasteiger partial charge in [-0.05, 0) is 28.8 Å². The second-order valence-electron chi connectivity index (χ2n) is 9.66. The van der Waals surface area contributed by atoms with Gasteiger partial charge in [0.1, 0.15) is 6.04 Å². The fourth-order valence-electron chi connectivity index (χ4n) is 4.74. The molecular weight excluding hydrogens is 503 g/mol. The molecule has 0 unspecified atom stereocenters. The third-order valence-corrected chi connectivity index (χ3v) is 6.98. The van der Waals surface area contributed by atoms with Crippen LogP contribution < -0.4 is 0 Å². The molecule has 0 radical (unpaired) electrons. The maximum absolute atomic E-state index is 13.7. The first-order valence-electron chi connectivity index (χ1n) is 12.9. The molecule has 0 N–H and O–H groups in total. The molecule has 0 saturated carbocycles. The number of alkyl halides is 3. The van der Waals surface area contributed by atoms with E-state index in [-0.39, 0.29) is 11.5 Å². The predicted octanol–water partition coefficient (Wildman–Crippen LogP) is 5.13. The number of hydrogen-bond donors (Lipinski definition) is 0. The number of piperazine rings is 1. The third kappa shape index (κ3) is 7.57. The maximum Gasteiger partial charge on any atom is 0.416 e. The summed E-state index contributed by atoms with van der Waals surface area (Å²) < 4.78 is 40.1. The molecule has 5 nitrogen and oxygen atoms in total. The number of likely N-dealkylation sites (N-methyl/N-ethyl adjacent to an activating group) is 1. The summed E-state index contributed by atoms with van der Waals surface area (Å²) in [5, 5.41) is 0. The van der Waals surface area contributed by atoms with Crippen molar-refractivity contribution in [1.29, 1.82) is 0 Å². The second kappa shape index (κ2) is 12.8. The molecule has 3 aromatic rings. The Hall–Kier alpha value is -3.91. The van der Waals surface area contributed by atoms with Gasteiger partial charge in [0.05, 0.1) is 5.56 Å². The Kier molecular flexibility index (Phi) is 9.19. The molecule has 2 amide bonds. The number of carbonyl (C=O) groups excluding carboxylic acids is 2. The van der Waals surface area contributed by atoms with E-state index >= 15 is 0 Å². The number of amides is 2. The summed E-state index contributed by atoms with van der Waals surface area (Å²) >= 11 is 0. The average molecular weight is 536 g/mol. The van der Waals surface area contributed by atoms with Gasteiger partial charge in [-0.3, -0.25) is 14.5 Å². The van der Waals surface area contributed by atoms with Crippen LogP contribution >= 0.6 is 0 Å². The highest BCUT2D eigenvalue weighted by atomic mass is 19.4. The average Bonchev–Trinajstić information content (AvgIpc) is 2.95. The van der Waals surface area contributed by atoms with Crippen LogP contribution in [0.15, 0.2) is 91.0 Å². The fraction of sp³-hybridized carbons (Fsp3) is 0.290. The maximum atomic E-state index is 13.7. The van der Waals surface area contributed by atoms with E-state index in [0.717, 1.165) is 30.3 Å². The minimum absolute atomic E-state index is 0.104. The summed E-state index contributed by atoms with van der Waals surface area (Å²) in [7, 11) is 1.53. The Bertz CT molecular complexity index is 1270. The normalized spacial score (nSPS) is 15.3. The van der Waals surface area contributed by atoms with Gasteiger partial charge >= 0.3 is 6.18 Å². The van der Waals surface area contributed by atoms with Crippen LogP contribution in [0.1, 0.15) is 22.3 Å². The Labute approximate surface area is 227 Å². The monoisotopic (exact) mass is 535 g/mol. The van der Waals surface area contributed by atoms with E-state index in [0.29, 0.717) is 32.6 Å². The zero-order valence-electron chi connectivity index (χ0n) is 21.8. The molecule has 1 aliphatic heterocycles. The summed E-state index contributed by atoms with van der Waals surface area (Å²) in [5.41, 5.74) is 1.18. The first kappa shape index (κ1) is 28.1. The molecule has 1 atom stereocenters. The summed E-state index contributed by atoms with van der Waals surface area (Å²) in [6.45, 7) is 3.30. The summed E-state index contributed by atoms with van der Waals surface area (Å²) in [5.74, 6) is -0.706. The van der Waals surface area contributed by atoms with E-state index in [2.05, 4.69) is 17.0 Å². The largest absolute Gasteiger partial charge is 0.416 e. The molecule has 0 aliphatic carbocycles. The van der Waals surface area contributed by atoms with E-state index < -0.39 is 23.7 Å². The summed E-state index contributed by atoms with van der Waals surface area (Å²) in [6, 6.07) is 23.9. The van der Waals surface area contributed by atoms with Crippen LogP contribution in [0.3, 0.4) is 0 Å². The van der Waals surface area contributed by atoms with Gasteiger partial charge in [-0.2, -0.15) is 13.2 Å². The predicted molar refractivity (Wildman–Crippen MR) is 145 cm³/mol. The molecule has 3 aromatic carbocycles. The van der Waals surface area contributed by atoms with Crippen molar-refractivity contribution in [1.82, 2.24) is 14.7 Å². The van der Waals surface area contributed by atoms with Crippen LogP contribution in [0.2, 0.25) is 0 Å². The molecule has 39 heavy (non-hydrogen) atoms. The van der Waals surface area contributed by atoms with E-state index in [4.69, 9.17) is 0 Å². The summed E-state index contributed by atoms with van der Waals surface area (Å²) in [6.07, 6.45) is -1.97. The number of rotatable bonds is 8. The van der Waals surface area contributed by atoms with Crippen LogP contribution in [-0.2, 0) is 28.7 Å². The lowest BCUT2D eigenvalue weighted by Gasteiger charge is -2.38. The molecule has 0 spiro atoms. The lowest BCUT2D eigenvalue weighted by molar-refractivity contribution is -0.143. The lowest BCUT2D eigenvalue weighted by atomic mass is 10.0. The minimum Gasteiger partial charge on any atom is -0.338 e. The number of nitrogens with zero attached hydrogens (tertiary/aromatic N) is 3. The summed E-state index contributed by atoms with van der Waals surface area (Å²) in [4.78, 5) is 32.2. The number of benzene rings is 3. The van der Waals surface area contributed by atoms with Gasteiger partial charge in [0.25, 0.3) is 0 Å². The van der Waals surface area contributed by atoms with Gasteiger partial charge in [0.2, 0.25) is 11.8 Å². The van der Waals surface area contributed by atoms with Crippen molar-refractivity contribution in [3.63, 3.8) is 0 Å². The van der Waals surface area contributed by atoms with Crippen molar-refractivity contribution >= 4 is 17.9 Å². The second-order valence-corrected chi connectivity index (χ2v) is 9.66. The van der Waals surface area contributed by atoms with Crippen molar-refractivity contribution in [3.8, 4) is 0 Å². The Morgan fingerprint density at radius 3 is 2.03 bits per heavy atom. The van der Waals surface area contributed by atoms with Crippen LogP contribution in [0.25, 0.3) is 6.08 Å². The number of halogens is 3. The molecule has 1 aliphatic rings. The van der Waals surface area contributed by atoms with Crippen molar-refractivity contribution in [2.75, 3.05) is 33.2 Å². The quantitative estimate of drug-likeness (QED) is 0.376. The van der Waals surface area contributed by atoms with Gasteiger partial charge in [-0.1, -0.05) is 78.9 Å². The van der Waals surface area contributed by atoms with Gasteiger partial charge < -0.3 is 9.80 Å². The highest BCUT2D eigenvalue weighted by molar-refractivity contribution is 5.95. The molecule has 0 aromatic heterocycles. The van der Waals surface area contributed by atoms with Gasteiger partial charge in [0, 0.05) is 52.3 Å². The zero-order valence-corrected chi connectivity index (χ0v) is 21.8. The first-order valence-corrected chi connectivity index (χ1v) is 12.9. The molecule has 0 bridgehead atoms. The topological polar surface area (TPSA) is 43.9 Å². The number of hydrogen-bond acceptors (Lipinski definition) is 3. The van der Waals surface area contributed by atoms with Crippen molar-refractivity contribution in [2.24, 2.45) is 0 Å². The van der Waals surface area contributed by atoms with Crippen molar-refractivity contribution < 1.29 is 22.8 Å². The third-order valence-electron chi connectivity index (χ3n) is 6.98. The van der Waals surface area contributed by atoms with E-state index in [1.165, 1.54) is 35.7 Å². The van der Waals surface area contributed by atoms with Crippen molar-refractivity contribution in [2.45, 2.75) is 25.2 Å². The highest BCUT2D eigenvalue weighted by Crippen LogP contribution is 2.32. The van der Waals surface area contributed by atoms with Crippen LogP contribution in [-0.4, -0.2) is 65.8 Å². The molecular formula is C31H32F3N3O2. The van der Waals surface area contributed by atoms with Gasteiger partial charge in [-0.25, -0.2) is 0 Å². The molecule has 4 rings (SSSR count). The smallest absolute Gasteiger partial charge is 0.338 e. The molecule has 1 fully saturated rings. The van der Waals surface area contributed by atoms with Crippen LogP contribution in [0, 0.1) is 0 Å². The SMILES string of the molecule is CN(C(=O)/C=C/c1ccccc1C(F)(F)F)[C@@H](Cc1ccccc1)C(=O)N1CCN(Cc2ccccc2)CC1. The fourth-order valence-corrected chi connectivity index (χ4v) is 4.74. The Balaban J connectivity index is 1.47. The van der Waals surface area contributed by atoms with E-state index in [1.807, 2.05) is 48.5 Å². The van der Waals surface area contributed by atoms with E-state index in [9.17, 15) is 22.8 Å². The molecule has 1 saturated heterocycles. The van der Waals surface area contributed by atoms with Crippen LogP contribution in [0.4, 0.5) is 13.2 Å². The lowest BCUT2D eigenvalue weighted by Crippen LogP contribution is -2.55.